The maximum Gasteiger partial charge on any atom is 0.261 e. The summed E-state index contributed by atoms with van der Waals surface area (Å²) >= 11 is 0. The standard InChI is InChI=1S/C13H14FNO2/c1-4-7-15-13(16)10(3)17-11-6-5-9(2)12(14)8-11/h1,5-6,8,10H,7H2,2-3H3,(H,15,16). The molecule has 0 spiro atoms. The minimum absolute atomic E-state index is 0.148. The first-order chi connectivity index (χ1) is 8.04. The van der Waals surface area contributed by atoms with Crippen LogP contribution >= 0.6 is 0 Å². The van der Waals surface area contributed by atoms with Gasteiger partial charge in [0.2, 0.25) is 0 Å². The lowest BCUT2D eigenvalue weighted by Gasteiger charge is -2.14. The van der Waals surface area contributed by atoms with Gasteiger partial charge in [0, 0.05) is 6.07 Å². The van der Waals surface area contributed by atoms with Crippen LogP contribution in [0.15, 0.2) is 18.2 Å². The molecule has 1 amide bonds. The van der Waals surface area contributed by atoms with Crippen molar-refractivity contribution in [2.24, 2.45) is 0 Å². The molecular formula is C13H14FNO2. The number of rotatable bonds is 4. The van der Waals surface area contributed by atoms with Gasteiger partial charge in [-0.2, -0.15) is 0 Å². The van der Waals surface area contributed by atoms with Gasteiger partial charge in [0.25, 0.3) is 5.91 Å². The highest BCUT2D eigenvalue weighted by Crippen LogP contribution is 2.17. The third kappa shape index (κ3) is 3.80. The number of hydrogen-bond donors (Lipinski definition) is 1. The summed E-state index contributed by atoms with van der Waals surface area (Å²) in [6.45, 7) is 3.38. The Labute approximate surface area is 100.0 Å². The van der Waals surface area contributed by atoms with Crippen molar-refractivity contribution in [3.63, 3.8) is 0 Å². The zero-order valence-corrected chi connectivity index (χ0v) is 9.79. The molecule has 1 unspecified atom stereocenters. The van der Waals surface area contributed by atoms with Gasteiger partial charge in [-0.15, -0.1) is 6.42 Å². The van der Waals surface area contributed by atoms with E-state index in [0.29, 0.717) is 11.3 Å². The molecule has 1 N–H and O–H groups in total. The third-order valence-electron chi connectivity index (χ3n) is 2.19. The second kappa shape index (κ2) is 5.90. The molecule has 0 aliphatic carbocycles. The van der Waals surface area contributed by atoms with Crippen molar-refractivity contribution >= 4 is 5.91 Å². The van der Waals surface area contributed by atoms with Crippen molar-refractivity contribution in [2.75, 3.05) is 6.54 Å². The molecule has 3 nitrogen and oxygen atoms in total. The van der Waals surface area contributed by atoms with Crippen LogP contribution in [0.4, 0.5) is 4.39 Å². The van der Waals surface area contributed by atoms with Crippen molar-refractivity contribution < 1.29 is 13.9 Å². The quantitative estimate of drug-likeness (QED) is 0.806. The molecule has 1 aromatic carbocycles. The number of halogens is 1. The number of carbonyl (C=O) groups excluding carboxylic acids is 1. The molecule has 0 fully saturated rings. The maximum absolute atomic E-state index is 13.2. The average Bonchev–Trinajstić information content (AvgIpc) is 2.30. The first-order valence-electron chi connectivity index (χ1n) is 5.18. The lowest BCUT2D eigenvalue weighted by molar-refractivity contribution is -0.127. The Hall–Kier alpha value is -2.02. The van der Waals surface area contributed by atoms with Gasteiger partial charge in [-0.25, -0.2) is 4.39 Å². The van der Waals surface area contributed by atoms with Crippen molar-refractivity contribution in [1.82, 2.24) is 5.32 Å². The van der Waals surface area contributed by atoms with E-state index in [2.05, 4.69) is 11.2 Å². The highest BCUT2D eigenvalue weighted by Gasteiger charge is 2.14. The number of benzene rings is 1. The number of amides is 1. The van der Waals surface area contributed by atoms with Gasteiger partial charge in [0.15, 0.2) is 6.10 Å². The normalized spacial score (nSPS) is 11.4. The van der Waals surface area contributed by atoms with Crippen LogP contribution in [0.25, 0.3) is 0 Å². The summed E-state index contributed by atoms with van der Waals surface area (Å²) in [6, 6.07) is 4.46. The monoisotopic (exact) mass is 235 g/mol. The number of nitrogens with one attached hydrogen (secondary N) is 1. The van der Waals surface area contributed by atoms with Crippen molar-refractivity contribution in [3.05, 3.63) is 29.6 Å². The molecule has 0 bridgehead atoms. The second-order valence-corrected chi connectivity index (χ2v) is 3.59. The molecule has 1 atom stereocenters. The lowest BCUT2D eigenvalue weighted by Crippen LogP contribution is -2.36. The largest absolute Gasteiger partial charge is 0.481 e. The van der Waals surface area contributed by atoms with E-state index >= 15 is 0 Å². The summed E-state index contributed by atoms with van der Waals surface area (Å²) in [7, 11) is 0. The van der Waals surface area contributed by atoms with Gasteiger partial charge in [-0.05, 0) is 25.5 Å². The molecule has 0 radical (unpaired) electrons. The molecule has 0 aliphatic rings. The van der Waals surface area contributed by atoms with Gasteiger partial charge in [-0.1, -0.05) is 12.0 Å². The van der Waals surface area contributed by atoms with E-state index in [4.69, 9.17) is 11.2 Å². The number of carbonyl (C=O) groups is 1. The zero-order valence-electron chi connectivity index (χ0n) is 9.79. The van der Waals surface area contributed by atoms with Gasteiger partial charge < -0.3 is 10.1 Å². The van der Waals surface area contributed by atoms with Crippen LogP contribution in [0.5, 0.6) is 5.75 Å². The van der Waals surface area contributed by atoms with Crippen LogP contribution in [0.1, 0.15) is 12.5 Å². The molecule has 0 saturated carbocycles. The van der Waals surface area contributed by atoms with Crippen molar-refractivity contribution in [2.45, 2.75) is 20.0 Å². The lowest BCUT2D eigenvalue weighted by atomic mass is 10.2. The van der Waals surface area contributed by atoms with Crippen LogP contribution in [-0.2, 0) is 4.79 Å². The van der Waals surface area contributed by atoms with Crippen LogP contribution in [-0.4, -0.2) is 18.6 Å². The Morgan fingerprint density at radius 2 is 2.35 bits per heavy atom. The van der Waals surface area contributed by atoms with Gasteiger partial charge in [0.1, 0.15) is 11.6 Å². The van der Waals surface area contributed by atoms with Gasteiger partial charge in [-0.3, -0.25) is 4.79 Å². The molecule has 17 heavy (non-hydrogen) atoms. The first-order valence-corrected chi connectivity index (χ1v) is 5.18. The third-order valence-corrected chi connectivity index (χ3v) is 2.19. The average molecular weight is 235 g/mol. The fraction of sp³-hybridized carbons (Fsp3) is 0.308. The van der Waals surface area contributed by atoms with Crippen LogP contribution in [0.2, 0.25) is 0 Å². The Balaban J connectivity index is 2.62. The van der Waals surface area contributed by atoms with Gasteiger partial charge in [0.05, 0.1) is 6.54 Å². The first kappa shape index (κ1) is 13.0. The van der Waals surface area contributed by atoms with Crippen LogP contribution in [0, 0.1) is 25.1 Å². The summed E-state index contributed by atoms with van der Waals surface area (Å²) in [5.41, 5.74) is 0.529. The minimum Gasteiger partial charge on any atom is -0.481 e. The second-order valence-electron chi connectivity index (χ2n) is 3.59. The predicted molar refractivity (Wildman–Crippen MR) is 63.1 cm³/mol. The maximum atomic E-state index is 13.2. The minimum atomic E-state index is -0.717. The Morgan fingerprint density at radius 1 is 1.65 bits per heavy atom. The zero-order chi connectivity index (χ0) is 12.8. The smallest absolute Gasteiger partial charge is 0.261 e. The SMILES string of the molecule is C#CCNC(=O)C(C)Oc1ccc(C)c(F)c1. The summed E-state index contributed by atoms with van der Waals surface area (Å²) in [6.07, 6.45) is 4.29. The molecule has 0 aliphatic heterocycles. The van der Waals surface area contributed by atoms with E-state index < -0.39 is 6.10 Å². The van der Waals surface area contributed by atoms with Crippen LogP contribution in [0.3, 0.4) is 0 Å². The highest BCUT2D eigenvalue weighted by atomic mass is 19.1. The molecule has 4 heteroatoms. The van der Waals surface area contributed by atoms with E-state index in [1.54, 1.807) is 26.0 Å². The summed E-state index contributed by atoms with van der Waals surface area (Å²) < 4.78 is 18.5. The molecular weight excluding hydrogens is 221 g/mol. The number of ether oxygens (including phenoxy) is 1. The molecule has 0 saturated heterocycles. The van der Waals surface area contributed by atoms with Crippen molar-refractivity contribution in [1.29, 1.82) is 0 Å². The van der Waals surface area contributed by atoms with E-state index in [1.807, 2.05) is 0 Å². The van der Waals surface area contributed by atoms with E-state index in [-0.39, 0.29) is 18.3 Å². The van der Waals surface area contributed by atoms with Crippen LogP contribution < -0.4 is 10.1 Å². The molecule has 0 heterocycles. The summed E-state index contributed by atoms with van der Waals surface area (Å²) in [5.74, 6) is 1.91. The van der Waals surface area contributed by atoms with E-state index in [9.17, 15) is 9.18 Å². The van der Waals surface area contributed by atoms with E-state index in [0.717, 1.165) is 0 Å². The molecule has 90 valence electrons. The fourth-order valence-corrected chi connectivity index (χ4v) is 1.19. The molecule has 0 aromatic heterocycles. The summed E-state index contributed by atoms with van der Waals surface area (Å²) in [4.78, 5) is 11.4. The Morgan fingerprint density at radius 3 is 2.94 bits per heavy atom. The highest BCUT2D eigenvalue weighted by molar-refractivity contribution is 5.80. The number of aryl methyl sites for hydroxylation is 1. The fourth-order valence-electron chi connectivity index (χ4n) is 1.19. The Bertz CT molecular complexity index is 451. The predicted octanol–water partition coefficient (Wildman–Crippen LogP) is 1.65. The van der Waals surface area contributed by atoms with Crippen molar-refractivity contribution in [3.8, 4) is 18.1 Å². The number of hydrogen-bond acceptors (Lipinski definition) is 2. The van der Waals surface area contributed by atoms with E-state index in [1.165, 1.54) is 6.07 Å². The van der Waals surface area contributed by atoms with Gasteiger partial charge >= 0.3 is 0 Å². The summed E-state index contributed by atoms with van der Waals surface area (Å²) in [5, 5.41) is 2.48. The number of terminal acetylenes is 1. The molecule has 1 rings (SSSR count). The Kier molecular flexibility index (Phi) is 4.53. The topological polar surface area (TPSA) is 38.3 Å². The molecule has 1 aromatic rings.